The second-order valence-electron chi connectivity index (χ2n) is 4.52. The van der Waals surface area contributed by atoms with Crippen LogP contribution in [0.2, 0.25) is 0 Å². The molecule has 0 radical (unpaired) electrons. The molecule has 1 unspecified atom stereocenters. The number of nitrogens with one attached hydrogen (secondary N) is 1. The SMILES string of the molecule is CN(CC1CCCCN1)c1cccc(C#N)n1. The van der Waals surface area contributed by atoms with E-state index >= 15 is 0 Å². The highest BCUT2D eigenvalue weighted by molar-refractivity contribution is 5.40. The van der Waals surface area contributed by atoms with E-state index < -0.39 is 0 Å². The van der Waals surface area contributed by atoms with Crippen LogP contribution in [0.3, 0.4) is 0 Å². The molecule has 0 bridgehead atoms. The van der Waals surface area contributed by atoms with E-state index in [0.29, 0.717) is 11.7 Å². The van der Waals surface area contributed by atoms with Gasteiger partial charge in [-0.05, 0) is 31.5 Å². The molecule has 0 spiro atoms. The quantitative estimate of drug-likeness (QED) is 0.855. The highest BCUT2D eigenvalue weighted by Crippen LogP contribution is 2.13. The van der Waals surface area contributed by atoms with Gasteiger partial charge in [0, 0.05) is 19.6 Å². The smallest absolute Gasteiger partial charge is 0.142 e. The molecule has 4 nitrogen and oxygen atoms in total. The van der Waals surface area contributed by atoms with Gasteiger partial charge >= 0.3 is 0 Å². The summed E-state index contributed by atoms with van der Waals surface area (Å²) in [5.74, 6) is 0.872. The van der Waals surface area contributed by atoms with E-state index in [0.717, 1.165) is 18.9 Å². The molecular weight excluding hydrogens is 212 g/mol. The van der Waals surface area contributed by atoms with Gasteiger partial charge in [0.1, 0.15) is 17.6 Å². The first-order valence-electron chi connectivity index (χ1n) is 6.11. The van der Waals surface area contributed by atoms with Crippen molar-refractivity contribution < 1.29 is 0 Å². The lowest BCUT2D eigenvalue weighted by molar-refractivity contribution is 0.403. The Kier molecular flexibility index (Phi) is 3.94. The molecule has 1 aromatic heterocycles. The van der Waals surface area contributed by atoms with E-state index in [2.05, 4.69) is 21.3 Å². The number of nitrogens with zero attached hydrogens (tertiary/aromatic N) is 3. The first-order valence-corrected chi connectivity index (χ1v) is 6.11. The van der Waals surface area contributed by atoms with Crippen molar-refractivity contribution in [3.8, 4) is 6.07 Å². The van der Waals surface area contributed by atoms with Gasteiger partial charge in [-0.2, -0.15) is 5.26 Å². The molecule has 2 rings (SSSR count). The molecule has 0 saturated carbocycles. The summed E-state index contributed by atoms with van der Waals surface area (Å²) in [6.45, 7) is 2.06. The number of anilines is 1. The van der Waals surface area contributed by atoms with Crippen LogP contribution in [0.5, 0.6) is 0 Å². The van der Waals surface area contributed by atoms with Crippen LogP contribution in [0.15, 0.2) is 18.2 Å². The number of aromatic nitrogens is 1. The summed E-state index contributed by atoms with van der Waals surface area (Å²) < 4.78 is 0. The number of likely N-dealkylation sites (N-methyl/N-ethyl adjacent to an activating group) is 1. The van der Waals surface area contributed by atoms with Crippen LogP contribution in [0, 0.1) is 11.3 Å². The van der Waals surface area contributed by atoms with Crippen LogP contribution in [0.4, 0.5) is 5.82 Å². The molecule has 0 aromatic carbocycles. The summed E-state index contributed by atoms with van der Waals surface area (Å²) in [5, 5.41) is 12.3. The van der Waals surface area contributed by atoms with Crippen LogP contribution in [-0.2, 0) is 0 Å². The van der Waals surface area contributed by atoms with E-state index in [1.165, 1.54) is 19.3 Å². The Morgan fingerprint density at radius 1 is 1.53 bits per heavy atom. The average molecular weight is 230 g/mol. The number of nitriles is 1. The molecule has 1 aliphatic rings. The second kappa shape index (κ2) is 5.65. The maximum absolute atomic E-state index is 8.82. The molecule has 1 atom stereocenters. The minimum atomic E-state index is 0.478. The standard InChI is InChI=1S/C13H18N4/c1-17(10-12-5-2-3-8-15-12)13-7-4-6-11(9-14)16-13/h4,6-7,12,15H,2-3,5,8,10H2,1H3. The molecule has 0 aliphatic carbocycles. The lowest BCUT2D eigenvalue weighted by atomic mass is 10.0. The third-order valence-corrected chi connectivity index (χ3v) is 3.15. The van der Waals surface area contributed by atoms with E-state index in [-0.39, 0.29) is 0 Å². The Labute approximate surface area is 102 Å². The molecule has 2 heterocycles. The Morgan fingerprint density at radius 3 is 3.12 bits per heavy atom. The zero-order valence-corrected chi connectivity index (χ0v) is 10.2. The number of pyridine rings is 1. The summed E-state index contributed by atoms with van der Waals surface area (Å²) in [6, 6.07) is 8.18. The van der Waals surface area contributed by atoms with Crippen LogP contribution in [0.25, 0.3) is 0 Å². The number of rotatable bonds is 3. The normalized spacial score (nSPS) is 19.6. The molecule has 90 valence electrons. The van der Waals surface area contributed by atoms with Gasteiger partial charge in [-0.3, -0.25) is 0 Å². The van der Waals surface area contributed by atoms with E-state index in [1.807, 2.05) is 19.2 Å². The minimum absolute atomic E-state index is 0.478. The molecule has 1 aromatic rings. The molecular formula is C13H18N4. The first-order chi connectivity index (χ1) is 8.29. The number of hydrogen-bond acceptors (Lipinski definition) is 4. The van der Waals surface area contributed by atoms with Crippen molar-refractivity contribution in [1.82, 2.24) is 10.3 Å². The van der Waals surface area contributed by atoms with E-state index in [9.17, 15) is 0 Å². The van der Waals surface area contributed by atoms with E-state index in [1.54, 1.807) is 6.07 Å². The maximum atomic E-state index is 8.82. The number of hydrogen-bond donors (Lipinski definition) is 1. The van der Waals surface area contributed by atoms with Gasteiger partial charge < -0.3 is 10.2 Å². The molecule has 0 amide bonds. The van der Waals surface area contributed by atoms with Crippen LogP contribution >= 0.6 is 0 Å². The van der Waals surface area contributed by atoms with Crippen molar-refractivity contribution in [3.05, 3.63) is 23.9 Å². The highest BCUT2D eigenvalue weighted by Gasteiger charge is 2.15. The van der Waals surface area contributed by atoms with Crippen LogP contribution in [-0.4, -0.2) is 31.2 Å². The van der Waals surface area contributed by atoms with E-state index in [4.69, 9.17) is 5.26 Å². The minimum Gasteiger partial charge on any atom is -0.358 e. The molecule has 1 saturated heterocycles. The predicted molar refractivity (Wildman–Crippen MR) is 67.9 cm³/mol. The third kappa shape index (κ3) is 3.18. The average Bonchev–Trinajstić information content (AvgIpc) is 2.40. The molecule has 1 N–H and O–H groups in total. The van der Waals surface area contributed by atoms with Crippen molar-refractivity contribution >= 4 is 5.82 Å². The maximum Gasteiger partial charge on any atom is 0.142 e. The summed E-state index contributed by atoms with van der Waals surface area (Å²) in [7, 11) is 2.03. The van der Waals surface area contributed by atoms with Gasteiger partial charge in [0.15, 0.2) is 0 Å². The van der Waals surface area contributed by atoms with Crippen molar-refractivity contribution in [2.75, 3.05) is 25.0 Å². The Morgan fingerprint density at radius 2 is 2.41 bits per heavy atom. The second-order valence-corrected chi connectivity index (χ2v) is 4.52. The molecule has 4 heteroatoms. The summed E-state index contributed by atoms with van der Waals surface area (Å²) in [4.78, 5) is 6.41. The van der Waals surface area contributed by atoms with Crippen molar-refractivity contribution in [2.24, 2.45) is 0 Å². The largest absolute Gasteiger partial charge is 0.358 e. The lowest BCUT2D eigenvalue weighted by Crippen LogP contribution is -2.42. The fourth-order valence-electron chi connectivity index (χ4n) is 2.20. The van der Waals surface area contributed by atoms with Crippen LogP contribution in [0.1, 0.15) is 25.0 Å². The third-order valence-electron chi connectivity index (χ3n) is 3.15. The Bertz CT molecular complexity index is 404. The molecule has 1 fully saturated rings. The van der Waals surface area contributed by atoms with Crippen molar-refractivity contribution in [3.63, 3.8) is 0 Å². The molecule has 17 heavy (non-hydrogen) atoms. The fourth-order valence-corrected chi connectivity index (χ4v) is 2.20. The number of piperidine rings is 1. The zero-order chi connectivity index (χ0) is 12.1. The van der Waals surface area contributed by atoms with Gasteiger partial charge in [0.2, 0.25) is 0 Å². The lowest BCUT2D eigenvalue weighted by Gasteiger charge is -2.28. The first kappa shape index (κ1) is 11.9. The van der Waals surface area contributed by atoms with Gasteiger partial charge in [-0.1, -0.05) is 12.5 Å². The molecule has 1 aliphatic heterocycles. The van der Waals surface area contributed by atoms with Crippen LogP contribution < -0.4 is 10.2 Å². The Balaban J connectivity index is 1.98. The summed E-state index contributed by atoms with van der Waals surface area (Å²) in [6.07, 6.45) is 3.81. The topological polar surface area (TPSA) is 52.0 Å². The van der Waals surface area contributed by atoms with Gasteiger partial charge in [-0.15, -0.1) is 0 Å². The Hall–Kier alpha value is -1.60. The van der Waals surface area contributed by atoms with Crippen molar-refractivity contribution in [2.45, 2.75) is 25.3 Å². The van der Waals surface area contributed by atoms with Crippen molar-refractivity contribution in [1.29, 1.82) is 5.26 Å². The van der Waals surface area contributed by atoms with Gasteiger partial charge in [0.25, 0.3) is 0 Å². The monoisotopic (exact) mass is 230 g/mol. The van der Waals surface area contributed by atoms with Gasteiger partial charge in [0.05, 0.1) is 0 Å². The summed E-state index contributed by atoms with van der Waals surface area (Å²) >= 11 is 0. The summed E-state index contributed by atoms with van der Waals surface area (Å²) in [5.41, 5.74) is 0.478. The fraction of sp³-hybridized carbons (Fsp3) is 0.538. The predicted octanol–water partition coefficient (Wildman–Crippen LogP) is 1.53. The highest BCUT2D eigenvalue weighted by atomic mass is 15.2. The zero-order valence-electron chi connectivity index (χ0n) is 10.2. The van der Waals surface area contributed by atoms with Gasteiger partial charge in [-0.25, -0.2) is 4.98 Å².